The van der Waals surface area contributed by atoms with Gasteiger partial charge >= 0.3 is 0 Å². The molecule has 0 radical (unpaired) electrons. The van der Waals surface area contributed by atoms with Crippen molar-refractivity contribution in [2.24, 2.45) is 5.14 Å². The monoisotopic (exact) mass is 239 g/mol. The molecule has 6 heteroatoms. The zero-order valence-electron chi connectivity index (χ0n) is 8.01. The molecule has 78 valence electrons. The van der Waals surface area contributed by atoms with Crippen molar-refractivity contribution in [3.8, 4) is 17.1 Å². The van der Waals surface area contributed by atoms with E-state index in [1.165, 1.54) is 11.5 Å². The van der Waals surface area contributed by atoms with E-state index in [-0.39, 0.29) is 0 Å². The third kappa shape index (κ3) is 2.11. The van der Waals surface area contributed by atoms with Gasteiger partial charge in [0.25, 0.3) is 0 Å². The topological polar surface area (TPSA) is 61.0 Å². The molecule has 0 spiro atoms. The first kappa shape index (κ1) is 10.4. The zero-order valence-corrected chi connectivity index (χ0v) is 9.64. The van der Waals surface area contributed by atoms with Crippen molar-refractivity contribution in [1.82, 2.24) is 9.36 Å². The predicted molar refractivity (Wildman–Crippen MR) is 61.9 cm³/mol. The van der Waals surface area contributed by atoms with Gasteiger partial charge < -0.3 is 4.74 Å². The third-order valence-corrected chi connectivity index (χ3v) is 3.17. The fraction of sp³-hybridized carbons (Fsp3) is 0.111. The lowest BCUT2D eigenvalue weighted by molar-refractivity contribution is 0.416. The van der Waals surface area contributed by atoms with Gasteiger partial charge in [-0.25, -0.2) is 4.98 Å². The van der Waals surface area contributed by atoms with E-state index in [1.54, 1.807) is 7.11 Å². The summed E-state index contributed by atoms with van der Waals surface area (Å²) < 4.78 is 10.2. The average molecular weight is 239 g/mol. The van der Waals surface area contributed by atoms with Crippen LogP contribution in [0.25, 0.3) is 11.4 Å². The number of methoxy groups -OCH3 is 1. The van der Waals surface area contributed by atoms with Gasteiger partial charge in [-0.1, -0.05) is 12.1 Å². The molecular weight excluding hydrogens is 230 g/mol. The van der Waals surface area contributed by atoms with Gasteiger partial charge in [-0.3, -0.25) is 5.14 Å². The Labute approximate surface area is 95.8 Å². The molecule has 0 aliphatic rings. The van der Waals surface area contributed by atoms with E-state index in [4.69, 9.17) is 9.88 Å². The van der Waals surface area contributed by atoms with Crippen LogP contribution in [0.5, 0.6) is 5.75 Å². The Hall–Kier alpha value is -1.11. The fourth-order valence-corrected chi connectivity index (χ4v) is 2.05. The molecule has 0 aliphatic heterocycles. The maximum absolute atomic E-state index is 5.41. The molecule has 4 nitrogen and oxygen atoms in total. The fourth-order valence-electron chi connectivity index (χ4n) is 1.20. The summed E-state index contributed by atoms with van der Waals surface area (Å²) in [5.74, 6) is 1.43. The molecule has 15 heavy (non-hydrogen) atoms. The molecule has 2 N–H and O–H groups in total. The van der Waals surface area contributed by atoms with E-state index in [2.05, 4.69) is 9.36 Å². The molecule has 1 aromatic heterocycles. The molecule has 0 bridgehead atoms. The van der Waals surface area contributed by atoms with Gasteiger partial charge in [-0.2, -0.15) is 4.37 Å². The van der Waals surface area contributed by atoms with Crippen LogP contribution in [0.4, 0.5) is 0 Å². The summed E-state index contributed by atoms with van der Waals surface area (Å²) in [7, 11) is 1.63. The highest BCUT2D eigenvalue weighted by molar-refractivity contribution is 7.98. The first-order chi connectivity index (χ1) is 7.35. The second-order valence-electron chi connectivity index (χ2n) is 2.70. The van der Waals surface area contributed by atoms with Crippen molar-refractivity contribution in [2.75, 3.05) is 7.11 Å². The number of benzene rings is 1. The normalized spacial score (nSPS) is 10.3. The van der Waals surface area contributed by atoms with Gasteiger partial charge in [0.05, 0.1) is 12.7 Å². The molecule has 0 aliphatic carbocycles. The maximum atomic E-state index is 5.41. The summed E-state index contributed by atoms with van der Waals surface area (Å²) >= 11 is 2.39. The van der Waals surface area contributed by atoms with Crippen LogP contribution in [0.15, 0.2) is 28.6 Å². The summed E-state index contributed by atoms with van der Waals surface area (Å²) in [5, 5.41) is 5.41. The molecule has 0 fully saturated rings. The Kier molecular flexibility index (Phi) is 3.20. The van der Waals surface area contributed by atoms with E-state index < -0.39 is 0 Å². The molecule has 0 saturated heterocycles. The first-order valence-electron chi connectivity index (χ1n) is 4.19. The highest BCUT2D eigenvalue weighted by Crippen LogP contribution is 2.29. The number of nitrogens with two attached hydrogens (primary N) is 1. The standard InChI is InChI=1S/C9H9N3OS2/c1-13-7-5-3-2-4-6(7)8-11-9(14-10)15-12-8/h2-5H,10H2,1H3. The smallest absolute Gasteiger partial charge is 0.185 e. The van der Waals surface area contributed by atoms with Crippen molar-refractivity contribution in [1.29, 1.82) is 0 Å². The van der Waals surface area contributed by atoms with Crippen LogP contribution in [0.3, 0.4) is 0 Å². The Morgan fingerprint density at radius 1 is 1.40 bits per heavy atom. The van der Waals surface area contributed by atoms with Crippen LogP contribution in [-0.2, 0) is 0 Å². The summed E-state index contributed by atoms with van der Waals surface area (Å²) in [6, 6.07) is 7.64. The van der Waals surface area contributed by atoms with Crippen molar-refractivity contribution in [2.45, 2.75) is 4.34 Å². The molecule has 2 rings (SSSR count). The van der Waals surface area contributed by atoms with E-state index in [0.717, 1.165) is 27.6 Å². The van der Waals surface area contributed by atoms with Gasteiger partial charge in [0.2, 0.25) is 0 Å². The molecular formula is C9H9N3OS2. The number of para-hydroxylation sites is 1. The lowest BCUT2D eigenvalue weighted by Gasteiger charge is -2.03. The van der Waals surface area contributed by atoms with Crippen LogP contribution in [0.2, 0.25) is 0 Å². The molecule has 1 aromatic carbocycles. The SMILES string of the molecule is COc1ccccc1-c1nsc(SN)n1. The summed E-state index contributed by atoms with van der Waals surface area (Å²) in [6.07, 6.45) is 0. The Bertz CT molecular complexity index is 458. The van der Waals surface area contributed by atoms with Crippen LogP contribution < -0.4 is 9.88 Å². The lowest BCUT2D eigenvalue weighted by Crippen LogP contribution is -1.88. The summed E-state index contributed by atoms with van der Waals surface area (Å²) in [5.41, 5.74) is 0.886. The largest absolute Gasteiger partial charge is 0.496 e. The number of hydrogen-bond acceptors (Lipinski definition) is 6. The van der Waals surface area contributed by atoms with Crippen molar-refractivity contribution in [3.05, 3.63) is 24.3 Å². The van der Waals surface area contributed by atoms with Crippen LogP contribution in [-0.4, -0.2) is 16.5 Å². The quantitative estimate of drug-likeness (QED) is 0.832. The maximum Gasteiger partial charge on any atom is 0.185 e. The molecule has 0 amide bonds. The molecule has 0 unspecified atom stereocenters. The second kappa shape index (κ2) is 4.61. The van der Waals surface area contributed by atoms with E-state index in [0.29, 0.717) is 5.82 Å². The van der Waals surface area contributed by atoms with Crippen molar-refractivity contribution in [3.63, 3.8) is 0 Å². The molecule has 0 atom stereocenters. The minimum Gasteiger partial charge on any atom is -0.496 e. The van der Waals surface area contributed by atoms with Gasteiger partial charge in [-0.15, -0.1) is 0 Å². The third-order valence-electron chi connectivity index (χ3n) is 1.86. The number of ether oxygens (including phenoxy) is 1. The molecule has 1 heterocycles. The van der Waals surface area contributed by atoms with Gasteiger partial charge in [-0.05, 0) is 35.6 Å². The number of aromatic nitrogens is 2. The first-order valence-corrected chi connectivity index (χ1v) is 5.84. The predicted octanol–water partition coefficient (Wildman–Crippen LogP) is 2.18. The highest BCUT2D eigenvalue weighted by atomic mass is 32.2. The number of nitrogens with zero attached hydrogens (tertiary/aromatic N) is 2. The van der Waals surface area contributed by atoms with Crippen molar-refractivity contribution < 1.29 is 4.74 Å². The number of rotatable bonds is 3. The number of hydrogen-bond donors (Lipinski definition) is 1. The van der Waals surface area contributed by atoms with E-state index in [1.807, 2.05) is 24.3 Å². The lowest BCUT2D eigenvalue weighted by atomic mass is 10.2. The van der Waals surface area contributed by atoms with Gasteiger partial charge in [0.15, 0.2) is 10.2 Å². The van der Waals surface area contributed by atoms with E-state index >= 15 is 0 Å². The Morgan fingerprint density at radius 3 is 2.87 bits per heavy atom. The molecule has 0 saturated carbocycles. The minimum atomic E-state index is 0.658. The van der Waals surface area contributed by atoms with Crippen LogP contribution >= 0.6 is 23.5 Å². The minimum absolute atomic E-state index is 0.658. The highest BCUT2D eigenvalue weighted by Gasteiger charge is 2.10. The van der Waals surface area contributed by atoms with Gasteiger partial charge in [0.1, 0.15) is 5.75 Å². The Balaban J connectivity index is 2.44. The summed E-state index contributed by atoms with van der Waals surface area (Å²) in [4.78, 5) is 4.27. The molecule has 2 aromatic rings. The second-order valence-corrected chi connectivity index (χ2v) is 4.33. The van der Waals surface area contributed by atoms with Gasteiger partial charge in [0, 0.05) is 0 Å². The van der Waals surface area contributed by atoms with E-state index in [9.17, 15) is 0 Å². The average Bonchev–Trinajstić information content (AvgIpc) is 2.77. The van der Waals surface area contributed by atoms with Crippen LogP contribution in [0.1, 0.15) is 0 Å². The van der Waals surface area contributed by atoms with Crippen molar-refractivity contribution >= 4 is 23.5 Å². The van der Waals surface area contributed by atoms with Crippen LogP contribution in [0, 0.1) is 0 Å². The summed E-state index contributed by atoms with van der Waals surface area (Å²) in [6.45, 7) is 0. The Morgan fingerprint density at radius 2 is 2.20 bits per heavy atom. The zero-order chi connectivity index (χ0) is 10.7.